The summed E-state index contributed by atoms with van der Waals surface area (Å²) in [6.07, 6.45) is 0.181. The number of carboxylic acid groups (broad SMARTS) is 1. The van der Waals surface area contributed by atoms with E-state index in [2.05, 4.69) is 4.98 Å². The van der Waals surface area contributed by atoms with Crippen LogP contribution in [-0.2, 0) is 4.79 Å². The Kier molecular flexibility index (Phi) is 3.24. The summed E-state index contributed by atoms with van der Waals surface area (Å²) in [5.74, 6) is -2.47. The van der Waals surface area contributed by atoms with E-state index in [0.717, 1.165) is 17.2 Å². The van der Waals surface area contributed by atoms with Crippen LogP contribution in [0.2, 0.25) is 0 Å². The van der Waals surface area contributed by atoms with Crippen LogP contribution in [0.15, 0.2) is 18.3 Å². The number of carbonyl (C=O) groups excluding carboxylic acids is 1. The van der Waals surface area contributed by atoms with Gasteiger partial charge in [-0.05, 0) is 12.1 Å². The van der Waals surface area contributed by atoms with E-state index in [1.165, 1.54) is 6.07 Å². The maximum atomic E-state index is 12.6. The van der Waals surface area contributed by atoms with E-state index >= 15 is 0 Å². The maximum Gasteiger partial charge on any atom is 0.326 e. The number of aliphatic carboxylic acids is 1. The van der Waals surface area contributed by atoms with Gasteiger partial charge in [0, 0.05) is 19.2 Å². The number of β-amino-alcohol motifs (C(OH)–C–C–N with tert-alkyl or cyclic N) is 1. The quantitative estimate of drug-likeness (QED) is 0.718. The van der Waals surface area contributed by atoms with Gasteiger partial charge in [-0.2, -0.15) is 4.39 Å². The molecule has 2 rings (SSSR count). The molecular weight excluding hydrogens is 243 g/mol. The van der Waals surface area contributed by atoms with Crippen LogP contribution in [0, 0.1) is 5.95 Å². The molecule has 1 aromatic rings. The highest BCUT2D eigenvalue weighted by molar-refractivity contribution is 5.96. The van der Waals surface area contributed by atoms with Gasteiger partial charge in [-0.25, -0.2) is 9.78 Å². The minimum atomic E-state index is -1.17. The molecule has 0 bridgehead atoms. The van der Waals surface area contributed by atoms with Crippen molar-refractivity contribution in [2.24, 2.45) is 0 Å². The lowest BCUT2D eigenvalue weighted by molar-refractivity contribution is -0.141. The number of hydrogen-bond acceptors (Lipinski definition) is 4. The first-order valence-corrected chi connectivity index (χ1v) is 5.32. The molecule has 2 N–H and O–H groups in total. The molecular formula is C11H11FN2O4. The molecule has 0 radical (unpaired) electrons. The number of halogens is 1. The summed E-state index contributed by atoms with van der Waals surface area (Å²) in [6.45, 7) is -0.0484. The number of rotatable bonds is 2. The number of likely N-dealkylation sites (tertiary alicyclic amines) is 1. The number of aromatic nitrogens is 1. The Labute approximate surface area is 102 Å². The van der Waals surface area contributed by atoms with Gasteiger partial charge in [0.25, 0.3) is 5.91 Å². The molecule has 1 fully saturated rings. The van der Waals surface area contributed by atoms with Crippen molar-refractivity contribution in [2.45, 2.75) is 18.6 Å². The smallest absolute Gasteiger partial charge is 0.326 e. The molecule has 1 aliphatic heterocycles. The maximum absolute atomic E-state index is 12.6. The monoisotopic (exact) mass is 254 g/mol. The minimum Gasteiger partial charge on any atom is -0.480 e. The fourth-order valence-electron chi connectivity index (χ4n) is 1.94. The molecule has 1 aliphatic rings. The van der Waals surface area contributed by atoms with Crippen LogP contribution in [0.4, 0.5) is 4.39 Å². The third-order valence-electron chi connectivity index (χ3n) is 2.80. The van der Waals surface area contributed by atoms with Gasteiger partial charge in [0.1, 0.15) is 6.04 Å². The lowest BCUT2D eigenvalue weighted by atomic mass is 10.2. The Balaban J connectivity index is 2.22. The Morgan fingerprint density at radius 3 is 2.72 bits per heavy atom. The van der Waals surface area contributed by atoms with Gasteiger partial charge >= 0.3 is 5.97 Å². The first kappa shape index (κ1) is 12.4. The largest absolute Gasteiger partial charge is 0.480 e. The Morgan fingerprint density at radius 1 is 1.44 bits per heavy atom. The molecule has 2 heterocycles. The molecule has 0 aliphatic carbocycles. The van der Waals surface area contributed by atoms with Crippen LogP contribution >= 0.6 is 0 Å². The molecule has 0 unspecified atom stereocenters. The fraction of sp³-hybridized carbons (Fsp3) is 0.364. The lowest BCUT2D eigenvalue weighted by Crippen LogP contribution is -2.40. The first-order valence-electron chi connectivity index (χ1n) is 5.32. The molecule has 6 nitrogen and oxygen atoms in total. The highest BCUT2D eigenvalue weighted by Gasteiger charge is 2.39. The van der Waals surface area contributed by atoms with Crippen molar-refractivity contribution in [1.82, 2.24) is 9.88 Å². The van der Waals surface area contributed by atoms with Gasteiger partial charge in [-0.1, -0.05) is 0 Å². The molecule has 2 atom stereocenters. The molecule has 0 aromatic carbocycles. The summed E-state index contributed by atoms with van der Waals surface area (Å²) in [5, 5.41) is 18.4. The van der Waals surface area contributed by atoms with Crippen molar-refractivity contribution < 1.29 is 24.2 Å². The van der Waals surface area contributed by atoms with Crippen LogP contribution in [-0.4, -0.2) is 50.7 Å². The molecule has 0 saturated carbocycles. The Morgan fingerprint density at radius 2 is 2.17 bits per heavy atom. The van der Waals surface area contributed by atoms with Crippen molar-refractivity contribution in [3.8, 4) is 0 Å². The number of aliphatic hydroxyl groups is 1. The third kappa shape index (κ3) is 2.30. The van der Waals surface area contributed by atoms with Crippen LogP contribution in [0.3, 0.4) is 0 Å². The second-order valence-corrected chi connectivity index (χ2v) is 4.07. The van der Waals surface area contributed by atoms with Crippen molar-refractivity contribution in [2.75, 3.05) is 6.54 Å². The van der Waals surface area contributed by atoms with E-state index in [-0.39, 0.29) is 18.5 Å². The van der Waals surface area contributed by atoms with Gasteiger partial charge in [0.15, 0.2) is 0 Å². The van der Waals surface area contributed by atoms with Gasteiger partial charge in [0.05, 0.1) is 11.7 Å². The van der Waals surface area contributed by atoms with Crippen molar-refractivity contribution in [3.63, 3.8) is 0 Å². The van der Waals surface area contributed by atoms with E-state index in [4.69, 9.17) is 5.11 Å². The van der Waals surface area contributed by atoms with E-state index in [0.29, 0.717) is 0 Å². The predicted octanol–water partition coefficient (Wildman–Crippen LogP) is -0.119. The number of hydrogen-bond donors (Lipinski definition) is 2. The number of amides is 1. The van der Waals surface area contributed by atoms with Crippen molar-refractivity contribution in [1.29, 1.82) is 0 Å². The first-order chi connectivity index (χ1) is 8.49. The zero-order valence-corrected chi connectivity index (χ0v) is 9.28. The molecule has 1 saturated heterocycles. The van der Waals surface area contributed by atoms with Crippen molar-refractivity contribution >= 4 is 11.9 Å². The summed E-state index contributed by atoms with van der Waals surface area (Å²) in [4.78, 5) is 27.4. The van der Waals surface area contributed by atoms with E-state index < -0.39 is 30.0 Å². The zero-order chi connectivity index (χ0) is 13.3. The Bertz CT molecular complexity index is 476. The zero-order valence-electron chi connectivity index (χ0n) is 9.28. The molecule has 0 spiro atoms. The van der Waals surface area contributed by atoms with E-state index in [9.17, 15) is 19.1 Å². The van der Waals surface area contributed by atoms with E-state index in [1.54, 1.807) is 0 Å². The predicted molar refractivity (Wildman–Crippen MR) is 57.3 cm³/mol. The average Bonchev–Trinajstić information content (AvgIpc) is 2.71. The summed E-state index contributed by atoms with van der Waals surface area (Å²) in [7, 11) is 0. The second-order valence-electron chi connectivity index (χ2n) is 4.07. The molecule has 1 amide bonds. The molecule has 1 aromatic heterocycles. The van der Waals surface area contributed by atoms with Crippen LogP contribution in [0.5, 0.6) is 0 Å². The summed E-state index contributed by atoms with van der Waals surface area (Å²) < 4.78 is 12.6. The Hall–Kier alpha value is -2.02. The minimum absolute atomic E-state index is 0.00427. The standard InChI is InChI=1S/C11H11FN2O4/c12-9-2-1-6(4-13-9)10(16)14-5-7(15)3-8(14)11(17)18/h1-2,4,7-8,15H,3,5H2,(H,17,18)/t7-,8-/m0/s1. The topological polar surface area (TPSA) is 90.7 Å². The van der Waals surface area contributed by atoms with Gasteiger partial charge < -0.3 is 15.1 Å². The van der Waals surface area contributed by atoms with Crippen molar-refractivity contribution in [3.05, 3.63) is 29.8 Å². The van der Waals surface area contributed by atoms with E-state index in [1.807, 2.05) is 0 Å². The lowest BCUT2D eigenvalue weighted by Gasteiger charge is -2.20. The number of carbonyl (C=O) groups is 2. The van der Waals surface area contributed by atoms with Gasteiger partial charge in [0.2, 0.25) is 5.95 Å². The van der Waals surface area contributed by atoms with Crippen LogP contribution in [0.25, 0.3) is 0 Å². The molecule has 96 valence electrons. The second kappa shape index (κ2) is 4.69. The number of carboxylic acids is 1. The molecule has 18 heavy (non-hydrogen) atoms. The SMILES string of the molecule is O=C(O)[C@@H]1C[C@H](O)CN1C(=O)c1ccc(F)nc1. The average molecular weight is 254 g/mol. The summed E-state index contributed by atoms with van der Waals surface area (Å²) in [6, 6.07) is 1.20. The highest BCUT2D eigenvalue weighted by Crippen LogP contribution is 2.20. The fourth-order valence-corrected chi connectivity index (χ4v) is 1.94. The third-order valence-corrected chi connectivity index (χ3v) is 2.80. The number of nitrogens with zero attached hydrogens (tertiary/aromatic N) is 2. The molecule has 7 heteroatoms. The summed E-state index contributed by atoms with van der Waals surface area (Å²) in [5.41, 5.74) is 0.0942. The van der Waals surface area contributed by atoms with Crippen LogP contribution in [0.1, 0.15) is 16.8 Å². The number of aliphatic hydroxyl groups excluding tert-OH is 1. The number of pyridine rings is 1. The summed E-state index contributed by atoms with van der Waals surface area (Å²) >= 11 is 0. The van der Waals surface area contributed by atoms with Crippen LogP contribution < -0.4 is 0 Å². The van der Waals surface area contributed by atoms with Gasteiger partial charge in [-0.3, -0.25) is 4.79 Å². The highest BCUT2D eigenvalue weighted by atomic mass is 19.1. The normalized spacial score (nSPS) is 23.1. The van der Waals surface area contributed by atoms with Gasteiger partial charge in [-0.15, -0.1) is 0 Å².